The summed E-state index contributed by atoms with van der Waals surface area (Å²) in [4.78, 5) is 10.9. The van der Waals surface area contributed by atoms with E-state index in [0.29, 0.717) is 17.0 Å². The monoisotopic (exact) mass is 483 g/mol. The average Bonchev–Trinajstić information content (AvgIpc) is 3.19. The number of fused-ring (bicyclic) bond motifs is 3. The van der Waals surface area contributed by atoms with Crippen molar-refractivity contribution < 1.29 is 9.66 Å². The van der Waals surface area contributed by atoms with Gasteiger partial charge in [-0.25, -0.2) is 5.01 Å². The topological polar surface area (TPSA) is 68.0 Å². The van der Waals surface area contributed by atoms with Crippen LogP contribution in [0.1, 0.15) is 35.4 Å². The zero-order valence-corrected chi connectivity index (χ0v) is 17.9. The highest BCUT2D eigenvalue weighted by Gasteiger charge is 2.41. The number of non-ortho nitro benzene ring substituents is 1. The fourth-order valence-corrected chi connectivity index (χ4v) is 4.39. The third-order valence-electron chi connectivity index (χ3n) is 5.30. The summed E-state index contributed by atoms with van der Waals surface area (Å²) < 4.78 is 7.24. The van der Waals surface area contributed by atoms with E-state index in [9.17, 15) is 10.1 Å². The Labute approximate surface area is 186 Å². The molecule has 5 rings (SSSR count). The molecule has 0 bridgehead atoms. The first-order valence-electron chi connectivity index (χ1n) is 9.32. The fraction of sp³-hybridized carbons (Fsp3) is 0.136. The van der Waals surface area contributed by atoms with E-state index < -0.39 is 11.2 Å². The second kappa shape index (κ2) is 7.41. The first-order chi connectivity index (χ1) is 14.5. The van der Waals surface area contributed by atoms with Gasteiger partial charge in [0.1, 0.15) is 5.75 Å². The van der Waals surface area contributed by atoms with Crippen LogP contribution in [0.3, 0.4) is 0 Å². The summed E-state index contributed by atoms with van der Waals surface area (Å²) in [6.45, 7) is 0. The number of nitro benzene ring substituents is 1. The van der Waals surface area contributed by atoms with Gasteiger partial charge in [0, 0.05) is 39.2 Å². The lowest BCUT2D eigenvalue weighted by Gasteiger charge is -2.38. The van der Waals surface area contributed by atoms with E-state index in [1.165, 1.54) is 6.07 Å². The predicted octanol–water partition coefficient (Wildman–Crippen LogP) is 6.25. The van der Waals surface area contributed by atoms with Gasteiger partial charge in [-0.3, -0.25) is 10.1 Å². The molecule has 0 radical (unpaired) electrons. The van der Waals surface area contributed by atoms with E-state index in [1.807, 2.05) is 53.5 Å². The number of hydrogen-bond donors (Lipinski definition) is 0. The normalized spacial score (nSPS) is 19.5. The van der Waals surface area contributed by atoms with Crippen LogP contribution in [-0.2, 0) is 0 Å². The second-order valence-corrected chi connectivity index (χ2v) is 8.51. The smallest absolute Gasteiger partial charge is 0.269 e. The minimum atomic E-state index is -0.562. The van der Waals surface area contributed by atoms with Crippen LogP contribution in [0.25, 0.3) is 0 Å². The molecule has 30 heavy (non-hydrogen) atoms. The van der Waals surface area contributed by atoms with Crippen molar-refractivity contribution in [2.45, 2.75) is 18.7 Å². The van der Waals surface area contributed by atoms with E-state index in [4.69, 9.17) is 21.4 Å². The highest BCUT2D eigenvalue weighted by Crippen LogP contribution is 2.48. The maximum atomic E-state index is 11.3. The van der Waals surface area contributed by atoms with Gasteiger partial charge in [-0.15, -0.1) is 0 Å². The molecule has 0 saturated heterocycles. The lowest BCUT2D eigenvalue weighted by molar-refractivity contribution is -0.385. The molecule has 0 aromatic heterocycles. The third-order valence-corrected chi connectivity index (χ3v) is 6.04. The Kier molecular flexibility index (Phi) is 4.72. The van der Waals surface area contributed by atoms with Gasteiger partial charge in [-0.05, 0) is 35.9 Å². The molecule has 2 atom stereocenters. The quantitative estimate of drug-likeness (QED) is 0.325. The van der Waals surface area contributed by atoms with Crippen molar-refractivity contribution in [2.24, 2.45) is 5.10 Å². The number of nitrogens with zero attached hydrogens (tertiary/aromatic N) is 3. The molecule has 2 aliphatic rings. The van der Waals surface area contributed by atoms with Gasteiger partial charge in [0.25, 0.3) is 5.69 Å². The maximum absolute atomic E-state index is 11.3. The van der Waals surface area contributed by atoms with Crippen molar-refractivity contribution in [1.29, 1.82) is 0 Å². The summed E-state index contributed by atoms with van der Waals surface area (Å²) in [7, 11) is 0. The standard InChI is InChI=1S/C22H15BrClN3O3/c23-15-6-9-21-18(11-15)20-12-19(13-4-7-16(24)8-5-13)25-26(20)22(30-21)14-2-1-3-17(10-14)27(28)29/h1-11,20,22H,12H2/t20-,22+/m0/s1. The molecular formula is C22H15BrClN3O3. The molecule has 3 aromatic carbocycles. The Morgan fingerprint density at radius 1 is 1.13 bits per heavy atom. The van der Waals surface area contributed by atoms with Crippen molar-refractivity contribution in [1.82, 2.24) is 5.01 Å². The minimum Gasteiger partial charge on any atom is -0.464 e. The van der Waals surface area contributed by atoms with Crippen molar-refractivity contribution in [3.63, 3.8) is 0 Å². The highest BCUT2D eigenvalue weighted by atomic mass is 79.9. The summed E-state index contributed by atoms with van der Waals surface area (Å²) in [5.41, 5.74) is 3.64. The molecule has 0 saturated carbocycles. The highest BCUT2D eigenvalue weighted by molar-refractivity contribution is 9.10. The van der Waals surface area contributed by atoms with E-state index in [1.54, 1.807) is 12.1 Å². The van der Waals surface area contributed by atoms with E-state index in [-0.39, 0.29) is 11.7 Å². The van der Waals surface area contributed by atoms with Crippen molar-refractivity contribution in [2.75, 3.05) is 0 Å². The first kappa shape index (κ1) is 19.1. The minimum absolute atomic E-state index is 0.0235. The van der Waals surface area contributed by atoms with Crippen LogP contribution < -0.4 is 4.74 Å². The summed E-state index contributed by atoms with van der Waals surface area (Å²) >= 11 is 9.58. The first-order valence-corrected chi connectivity index (χ1v) is 10.5. The van der Waals surface area contributed by atoms with Gasteiger partial charge in [-0.2, -0.15) is 5.10 Å². The molecular weight excluding hydrogens is 470 g/mol. The molecule has 3 aromatic rings. The van der Waals surface area contributed by atoms with Crippen LogP contribution in [0.15, 0.2) is 76.3 Å². The van der Waals surface area contributed by atoms with Crippen molar-refractivity contribution in [3.8, 4) is 5.75 Å². The summed E-state index contributed by atoms with van der Waals surface area (Å²) in [6, 6.07) is 19.9. The number of benzene rings is 3. The molecule has 6 nitrogen and oxygen atoms in total. The van der Waals surface area contributed by atoms with Crippen LogP contribution in [0.4, 0.5) is 5.69 Å². The molecule has 150 valence electrons. The number of ether oxygens (including phenoxy) is 1. The van der Waals surface area contributed by atoms with Gasteiger partial charge in [0.2, 0.25) is 6.23 Å². The Hall–Kier alpha value is -2.90. The van der Waals surface area contributed by atoms with E-state index >= 15 is 0 Å². The Morgan fingerprint density at radius 2 is 1.93 bits per heavy atom. The van der Waals surface area contributed by atoms with E-state index in [0.717, 1.165) is 27.1 Å². The molecule has 0 aliphatic carbocycles. The SMILES string of the molecule is O=[N+]([O-])c1cccc([C@H]2Oc3ccc(Br)cc3[C@@H]3CC(c4ccc(Cl)cc4)=NN23)c1. The molecule has 8 heteroatoms. The van der Waals surface area contributed by atoms with Crippen molar-refractivity contribution >= 4 is 38.9 Å². The van der Waals surface area contributed by atoms with Gasteiger partial charge in [0.15, 0.2) is 0 Å². The summed E-state index contributed by atoms with van der Waals surface area (Å²) in [5, 5.41) is 18.7. The van der Waals surface area contributed by atoms with Crippen molar-refractivity contribution in [3.05, 3.63) is 103 Å². The fourth-order valence-electron chi connectivity index (χ4n) is 3.89. The van der Waals surface area contributed by atoms with Crippen LogP contribution in [-0.4, -0.2) is 15.6 Å². The molecule has 2 heterocycles. The molecule has 2 aliphatic heterocycles. The van der Waals surface area contributed by atoms with Crippen LogP contribution in [0.2, 0.25) is 5.02 Å². The average molecular weight is 485 g/mol. The molecule has 0 N–H and O–H groups in total. The van der Waals surface area contributed by atoms with Crippen LogP contribution in [0, 0.1) is 10.1 Å². The predicted molar refractivity (Wildman–Crippen MR) is 118 cm³/mol. The van der Waals surface area contributed by atoms with Gasteiger partial charge in [-0.1, -0.05) is 51.8 Å². The third kappa shape index (κ3) is 3.34. The zero-order chi connectivity index (χ0) is 20.8. The van der Waals surface area contributed by atoms with Crippen LogP contribution in [0.5, 0.6) is 5.75 Å². The molecule has 0 amide bonds. The van der Waals surface area contributed by atoms with Gasteiger partial charge < -0.3 is 4.74 Å². The zero-order valence-electron chi connectivity index (χ0n) is 15.5. The van der Waals surface area contributed by atoms with E-state index in [2.05, 4.69) is 15.9 Å². The lowest BCUT2D eigenvalue weighted by atomic mass is 9.96. The Morgan fingerprint density at radius 3 is 2.70 bits per heavy atom. The summed E-state index contributed by atoms with van der Waals surface area (Å²) in [5.74, 6) is 0.753. The maximum Gasteiger partial charge on any atom is 0.269 e. The number of nitro groups is 1. The number of hydrogen-bond acceptors (Lipinski definition) is 5. The summed E-state index contributed by atoms with van der Waals surface area (Å²) in [6.07, 6.45) is 0.133. The lowest BCUT2D eigenvalue weighted by Crippen LogP contribution is -2.33. The number of halogens is 2. The van der Waals surface area contributed by atoms with Gasteiger partial charge >= 0.3 is 0 Å². The molecule has 0 fully saturated rings. The molecule has 0 unspecified atom stereocenters. The Bertz CT molecular complexity index is 1180. The van der Waals surface area contributed by atoms with Crippen LogP contribution >= 0.6 is 27.5 Å². The molecule has 0 spiro atoms. The Balaban J connectivity index is 1.60. The van der Waals surface area contributed by atoms with Gasteiger partial charge in [0.05, 0.1) is 16.7 Å². The second-order valence-electron chi connectivity index (χ2n) is 7.16. The number of rotatable bonds is 3. The number of hydrazone groups is 1. The largest absolute Gasteiger partial charge is 0.464 e.